The molecule has 1 aliphatic rings. The van der Waals surface area contributed by atoms with Gasteiger partial charge in [-0.1, -0.05) is 6.92 Å². The van der Waals surface area contributed by atoms with Gasteiger partial charge in [-0.05, 0) is 52.4 Å². The molecule has 0 unspecified atom stereocenters. The largest absolute Gasteiger partial charge is 0.357 e. The summed E-state index contributed by atoms with van der Waals surface area (Å²) in [6, 6.07) is 0.445. The fourth-order valence-corrected chi connectivity index (χ4v) is 2.60. The molecule has 5 nitrogen and oxygen atoms in total. The first-order chi connectivity index (χ1) is 9.65. The highest BCUT2D eigenvalue weighted by molar-refractivity contribution is 14.0. The summed E-state index contributed by atoms with van der Waals surface area (Å²) >= 11 is 0. The zero-order valence-corrected chi connectivity index (χ0v) is 17.6. The smallest absolute Gasteiger partial charge is 0.191 e. The fourth-order valence-electron chi connectivity index (χ4n) is 2.30. The molecule has 0 aromatic rings. The number of nitrogens with zero attached hydrogens (tertiary/aromatic N) is 1. The Morgan fingerprint density at radius 3 is 2.23 bits per heavy atom. The van der Waals surface area contributed by atoms with E-state index in [9.17, 15) is 8.42 Å². The van der Waals surface area contributed by atoms with Crippen molar-refractivity contribution in [1.29, 1.82) is 0 Å². The minimum absolute atomic E-state index is 0. The van der Waals surface area contributed by atoms with Crippen LogP contribution in [-0.2, 0) is 9.84 Å². The van der Waals surface area contributed by atoms with Crippen molar-refractivity contribution < 1.29 is 8.42 Å². The van der Waals surface area contributed by atoms with Gasteiger partial charge in [0.25, 0.3) is 0 Å². The lowest BCUT2D eigenvalue weighted by molar-refractivity contribution is 0.329. The van der Waals surface area contributed by atoms with Crippen molar-refractivity contribution in [2.45, 2.75) is 64.2 Å². The van der Waals surface area contributed by atoms with Crippen molar-refractivity contribution in [3.63, 3.8) is 0 Å². The van der Waals surface area contributed by atoms with E-state index in [1.165, 1.54) is 19.1 Å². The van der Waals surface area contributed by atoms with E-state index in [0.29, 0.717) is 6.04 Å². The molecular formula is C15H32IN3O2S. The first-order valence-electron chi connectivity index (χ1n) is 7.90. The Morgan fingerprint density at radius 1 is 1.23 bits per heavy atom. The van der Waals surface area contributed by atoms with Gasteiger partial charge in [-0.2, -0.15) is 0 Å². The SMILES string of the molecule is CCNC(=NCC(C)(C)S(C)(=O)=O)NC1CCC(C)CC1.I. The second kappa shape index (κ2) is 9.30. The molecule has 0 saturated heterocycles. The summed E-state index contributed by atoms with van der Waals surface area (Å²) in [6.07, 6.45) is 6.06. The lowest BCUT2D eigenvalue weighted by Crippen LogP contribution is -2.46. The Hall–Kier alpha value is -0.0500. The van der Waals surface area contributed by atoms with Gasteiger partial charge in [0.15, 0.2) is 15.8 Å². The molecule has 0 amide bonds. The van der Waals surface area contributed by atoms with Crippen LogP contribution in [0.2, 0.25) is 0 Å². The number of guanidine groups is 1. The quantitative estimate of drug-likeness (QED) is 0.388. The maximum Gasteiger partial charge on any atom is 0.191 e. The molecule has 0 spiro atoms. The van der Waals surface area contributed by atoms with Gasteiger partial charge in [-0.25, -0.2) is 8.42 Å². The van der Waals surface area contributed by atoms with Crippen molar-refractivity contribution >= 4 is 39.8 Å². The van der Waals surface area contributed by atoms with Crippen LogP contribution in [0.3, 0.4) is 0 Å². The van der Waals surface area contributed by atoms with E-state index >= 15 is 0 Å². The molecule has 2 N–H and O–H groups in total. The molecule has 7 heteroatoms. The summed E-state index contributed by atoms with van der Waals surface area (Å²) in [6.45, 7) is 8.79. The summed E-state index contributed by atoms with van der Waals surface area (Å²) in [4.78, 5) is 4.48. The molecule has 1 aliphatic carbocycles. The Bertz CT molecular complexity index is 455. The van der Waals surface area contributed by atoms with Gasteiger partial charge in [0.2, 0.25) is 0 Å². The number of nitrogens with one attached hydrogen (secondary N) is 2. The number of hydrogen-bond acceptors (Lipinski definition) is 3. The predicted molar refractivity (Wildman–Crippen MR) is 105 cm³/mol. The van der Waals surface area contributed by atoms with Gasteiger partial charge in [-0.3, -0.25) is 4.99 Å². The first-order valence-corrected chi connectivity index (χ1v) is 9.79. The number of aliphatic imine (C=N–C) groups is 1. The fraction of sp³-hybridized carbons (Fsp3) is 0.933. The predicted octanol–water partition coefficient (Wildman–Crippen LogP) is 2.56. The summed E-state index contributed by atoms with van der Waals surface area (Å²) in [5, 5.41) is 6.65. The van der Waals surface area contributed by atoms with E-state index in [1.807, 2.05) is 6.92 Å². The maximum atomic E-state index is 11.7. The highest BCUT2D eigenvalue weighted by Crippen LogP contribution is 2.23. The van der Waals surface area contributed by atoms with E-state index in [0.717, 1.165) is 31.3 Å². The molecule has 0 aromatic heterocycles. The van der Waals surface area contributed by atoms with Gasteiger partial charge in [-0.15, -0.1) is 24.0 Å². The molecule has 22 heavy (non-hydrogen) atoms. The van der Waals surface area contributed by atoms with Gasteiger partial charge in [0.05, 0.1) is 11.3 Å². The van der Waals surface area contributed by atoms with Crippen LogP contribution in [0.25, 0.3) is 0 Å². The molecule has 1 fully saturated rings. The van der Waals surface area contributed by atoms with Crippen molar-refractivity contribution in [1.82, 2.24) is 10.6 Å². The van der Waals surface area contributed by atoms with E-state index in [1.54, 1.807) is 13.8 Å². The number of sulfone groups is 1. The van der Waals surface area contributed by atoms with E-state index in [-0.39, 0.29) is 30.5 Å². The number of hydrogen-bond donors (Lipinski definition) is 2. The Morgan fingerprint density at radius 2 is 1.77 bits per heavy atom. The standard InChI is InChI=1S/C15H31N3O2S.HI/c1-6-16-14(17-11-15(3,4)21(5,19)20)18-13-9-7-12(2)8-10-13;/h12-13H,6-11H2,1-5H3,(H2,16,17,18);1H. The van der Waals surface area contributed by atoms with Crippen molar-refractivity contribution in [2.75, 3.05) is 19.3 Å². The third-order valence-electron chi connectivity index (χ3n) is 4.32. The first kappa shape index (κ1) is 21.9. The monoisotopic (exact) mass is 445 g/mol. The molecule has 0 aromatic carbocycles. The van der Waals surface area contributed by atoms with Crippen LogP contribution in [-0.4, -0.2) is 44.5 Å². The molecule has 0 radical (unpaired) electrons. The molecule has 0 bridgehead atoms. The lowest BCUT2D eigenvalue weighted by atomic mass is 9.87. The Kier molecular flexibility index (Phi) is 9.27. The molecule has 0 aliphatic heterocycles. The van der Waals surface area contributed by atoms with E-state index in [2.05, 4.69) is 22.5 Å². The van der Waals surface area contributed by atoms with Gasteiger partial charge >= 0.3 is 0 Å². The minimum atomic E-state index is -3.12. The van der Waals surface area contributed by atoms with Crippen LogP contribution in [0.4, 0.5) is 0 Å². The maximum absolute atomic E-state index is 11.7. The van der Waals surface area contributed by atoms with Crippen LogP contribution in [0, 0.1) is 5.92 Å². The minimum Gasteiger partial charge on any atom is -0.357 e. The van der Waals surface area contributed by atoms with Crippen molar-refractivity contribution in [2.24, 2.45) is 10.9 Å². The van der Waals surface area contributed by atoms with Crippen molar-refractivity contribution in [3.05, 3.63) is 0 Å². The van der Waals surface area contributed by atoms with E-state index in [4.69, 9.17) is 0 Å². The van der Waals surface area contributed by atoms with Crippen LogP contribution < -0.4 is 10.6 Å². The second-order valence-electron chi connectivity index (χ2n) is 6.83. The molecule has 0 atom stereocenters. The van der Waals surface area contributed by atoms with Crippen molar-refractivity contribution in [3.8, 4) is 0 Å². The highest BCUT2D eigenvalue weighted by Gasteiger charge is 2.30. The third-order valence-corrected chi connectivity index (χ3v) is 6.46. The number of halogens is 1. The molecular weight excluding hydrogens is 413 g/mol. The summed E-state index contributed by atoms with van der Waals surface area (Å²) in [5.41, 5.74) is 0. The molecule has 0 heterocycles. The summed E-state index contributed by atoms with van der Waals surface area (Å²) < 4.78 is 22.6. The Labute approximate surface area is 153 Å². The molecule has 132 valence electrons. The summed E-state index contributed by atoms with van der Waals surface area (Å²) in [7, 11) is -3.12. The topological polar surface area (TPSA) is 70.6 Å². The van der Waals surface area contributed by atoms with Crippen LogP contribution in [0.15, 0.2) is 4.99 Å². The zero-order chi connectivity index (χ0) is 16.1. The second-order valence-corrected chi connectivity index (χ2v) is 9.48. The molecule has 1 rings (SSSR count). The summed E-state index contributed by atoms with van der Waals surface area (Å²) in [5.74, 6) is 1.54. The van der Waals surface area contributed by atoms with Crippen LogP contribution in [0.1, 0.15) is 53.4 Å². The lowest BCUT2D eigenvalue weighted by Gasteiger charge is -2.29. The molecule has 1 saturated carbocycles. The zero-order valence-electron chi connectivity index (χ0n) is 14.5. The van der Waals surface area contributed by atoms with E-state index < -0.39 is 14.6 Å². The van der Waals surface area contributed by atoms with Gasteiger partial charge in [0, 0.05) is 18.8 Å². The highest BCUT2D eigenvalue weighted by atomic mass is 127. The third kappa shape index (κ3) is 7.02. The average molecular weight is 445 g/mol. The normalized spacial score (nSPS) is 23.6. The number of rotatable bonds is 5. The van der Waals surface area contributed by atoms with Gasteiger partial charge < -0.3 is 10.6 Å². The average Bonchev–Trinajstić information content (AvgIpc) is 2.37. The Balaban J connectivity index is 0.00000441. The van der Waals surface area contributed by atoms with Crippen LogP contribution in [0.5, 0.6) is 0 Å². The van der Waals surface area contributed by atoms with Gasteiger partial charge in [0.1, 0.15) is 0 Å². The van der Waals surface area contributed by atoms with Crippen LogP contribution >= 0.6 is 24.0 Å².